The average molecular weight is 370 g/mol. The third-order valence-electron chi connectivity index (χ3n) is 4.54. The molecule has 0 bridgehead atoms. The first-order valence-corrected chi connectivity index (χ1v) is 9.06. The van der Waals surface area contributed by atoms with E-state index in [9.17, 15) is 9.59 Å². The molecule has 1 aromatic carbocycles. The summed E-state index contributed by atoms with van der Waals surface area (Å²) in [5.41, 5.74) is 2.13. The molecule has 7 heteroatoms. The van der Waals surface area contributed by atoms with E-state index >= 15 is 0 Å². The summed E-state index contributed by atoms with van der Waals surface area (Å²) >= 11 is 0. The molecule has 7 nitrogen and oxygen atoms in total. The van der Waals surface area contributed by atoms with Crippen molar-refractivity contribution in [3.05, 3.63) is 41.2 Å². The summed E-state index contributed by atoms with van der Waals surface area (Å²) in [5.74, 6) is 0.395. The molecule has 1 aromatic heterocycles. The van der Waals surface area contributed by atoms with Crippen LogP contribution in [-0.2, 0) is 5.54 Å². The second kappa shape index (κ2) is 7.06. The molecule has 27 heavy (non-hydrogen) atoms. The summed E-state index contributed by atoms with van der Waals surface area (Å²) < 4.78 is 7.25. The highest BCUT2D eigenvalue weighted by atomic mass is 16.5. The van der Waals surface area contributed by atoms with Gasteiger partial charge in [0, 0.05) is 24.2 Å². The number of nitrogens with zero attached hydrogens (tertiary/aromatic N) is 2. The van der Waals surface area contributed by atoms with Gasteiger partial charge < -0.3 is 15.4 Å². The van der Waals surface area contributed by atoms with Crippen molar-refractivity contribution in [2.24, 2.45) is 0 Å². The zero-order chi connectivity index (χ0) is 19.8. The summed E-state index contributed by atoms with van der Waals surface area (Å²) in [5, 5.41) is 9.95. The molecule has 2 aromatic rings. The number of nitrogens with one attached hydrogen (secondary N) is 2. The topological polar surface area (TPSA) is 85.3 Å². The first kappa shape index (κ1) is 18.9. The molecule has 0 unspecified atom stereocenters. The molecule has 0 spiro atoms. The third-order valence-corrected chi connectivity index (χ3v) is 4.54. The molecule has 1 fully saturated rings. The monoisotopic (exact) mass is 370 g/mol. The van der Waals surface area contributed by atoms with Crippen molar-refractivity contribution in [1.29, 1.82) is 0 Å². The number of benzene rings is 1. The van der Waals surface area contributed by atoms with E-state index in [-0.39, 0.29) is 17.4 Å². The lowest BCUT2D eigenvalue weighted by Gasteiger charge is -2.22. The number of ether oxygens (including phenoxy) is 1. The van der Waals surface area contributed by atoms with Crippen LogP contribution in [0.3, 0.4) is 0 Å². The molecule has 3 rings (SSSR count). The fourth-order valence-corrected chi connectivity index (χ4v) is 2.99. The lowest BCUT2D eigenvalue weighted by Crippen LogP contribution is -2.26. The van der Waals surface area contributed by atoms with Crippen LogP contribution in [0.4, 0.5) is 5.69 Å². The normalized spacial score (nSPS) is 14.0. The van der Waals surface area contributed by atoms with E-state index in [1.807, 2.05) is 10.7 Å². The van der Waals surface area contributed by atoms with Gasteiger partial charge in [0.1, 0.15) is 5.75 Å². The van der Waals surface area contributed by atoms with Crippen molar-refractivity contribution in [3.8, 4) is 5.75 Å². The van der Waals surface area contributed by atoms with E-state index in [0.717, 1.165) is 18.5 Å². The third kappa shape index (κ3) is 3.97. The lowest BCUT2D eigenvalue weighted by atomic mass is 10.1. The Morgan fingerprint density at radius 2 is 1.89 bits per heavy atom. The quantitative estimate of drug-likeness (QED) is 0.847. The minimum absolute atomic E-state index is 0.201. The Kier molecular flexibility index (Phi) is 4.95. The maximum Gasteiger partial charge on any atom is 0.276 e. The van der Waals surface area contributed by atoms with Crippen LogP contribution in [0.25, 0.3) is 0 Å². The van der Waals surface area contributed by atoms with Crippen molar-refractivity contribution in [2.45, 2.75) is 45.1 Å². The van der Waals surface area contributed by atoms with E-state index in [4.69, 9.17) is 4.74 Å². The van der Waals surface area contributed by atoms with Gasteiger partial charge in [-0.05, 0) is 57.9 Å². The number of amides is 2. The van der Waals surface area contributed by atoms with Crippen molar-refractivity contribution in [2.75, 3.05) is 19.5 Å². The van der Waals surface area contributed by atoms with E-state index in [2.05, 4.69) is 36.5 Å². The molecular formula is C20H26N4O3. The van der Waals surface area contributed by atoms with Crippen LogP contribution in [0, 0.1) is 0 Å². The number of methoxy groups -OCH3 is 1. The number of carbonyl (C=O) groups is 2. The van der Waals surface area contributed by atoms with Crippen LogP contribution < -0.4 is 15.4 Å². The molecule has 1 heterocycles. The van der Waals surface area contributed by atoms with E-state index in [0.29, 0.717) is 28.6 Å². The molecule has 2 N–H and O–H groups in total. The van der Waals surface area contributed by atoms with E-state index < -0.39 is 0 Å². The Labute approximate surface area is 159 Å². The van der Waals surface area contributed by atoms with Crippen molar-refractivity contribution < 1.29 is 14.3 Å². The molecular weight excluding hydrogens is 344 g/mol. The predicted molar refractivity (Wildman–Crippen MR) is 104 cm³/mol. The second-order valence-electron chi connectivity index (χ2n) is 7.76. The molecule has 0 radical (unpaired) electrons. The summed E-state index contributed by atoms with van der Waals surface area (Å²) in [6.45, 7) is 6.22. The molecule has 144 valence electrons. The zero-order valence-electron chi connectivity index (χ0n) is 16.4. The van der Waals surface area contributed by atoms with Gasteiger partial charge in [0.15, 0.2) is 5.69 Å². The molecule has 0 aliphatic heterocycles. The molecule has 1 aliphatic rings. The standard InChI is InChI=1S/C20H26N4O3/c1-20(2,3)24-16(12-6-7-12)11-15(23-24)19(26)22-14-10-13(18(25)21-4)8-9-17(14)27-5/h8-12H,6-7H2,1-5H3,(H,21,25)(H,22,26). The van der Waals surface area contributed by atoms with Crippen molar-refractivity contribution in [3.63, 3.8) is 0 Å². The minimum atomic E-state index is -0.327. The Morgan fingerprint density at radius 1 is 1.19 bits per heavy atom. The predicted octanol–water partition coefficient (Wildman–Crippen LogP) is 3.14. The van der Waals surface area contributed by atoms with E-state index in [1.165, 1.54) is 7.11 Å². The van der Waals surface area contributed by atoms with Gasteiger partial charge in [-0.1, -0.05) is 0 Å². The van der Waals surface area contributed by atoms with Gasteiger partial charge in [-0.2, -0.15) is 5.10 Å². The summed E-state index contributed by atoms with van der Waals surface area (Å²) in [7, 11) is 3.08. The van der Waals surface area contributed by atoms with Crippen LogP contribution in [0.15, 0.2) is 24.3 Å². The maximum absolute atomic E-state index is 12.8. The van der Waals surface area contributed by atoms with Crippen LogP contribution in [0.5, 0.6) is 5.75 Å². The molecule has 1 aliphatic carbocycles. The highest BCUT2D eigenvalue weighted by Gasteiger charge is 2.32. The van der Waals surface area contributed by atoms with Crippen LogP contribution in [0.2, 0.25) is 0 Å². The van der Waals surface area contributed by atoms with Crippen molar-refractivity contribution in [1.82, 2.24) is 15.1 Å². The summed E-state index contributed by atoms with van der Waals surface area (Å²) in [4.78, 5) is 24.7. The smallest absolute Gasteiger partial charge is 0.276 e. The van der Waals surface area contributed by atoms with Crippen LogP contribution in [-0.4, -0.2) is 35.8 Å². The first-order valence-electron chi connectivity index (χ1n) is 9.06. The fraction of sp³-hybridized carbons (Fsp3) is 0.450. The van der Waals surface area contributed by atoms with Gasteiger partial charge in [-0.15, -0.1) is 0 Å². The summed E-state index contributed by atoms with van der Waals surface area (Å²) in [6.07, 6.45) is 2.26. The maximum atomic E-state index is 12.8. The van der Waals surface area contributed by atoms with Gasteiger partial charge in [0.2, 0.25) is 0 Å². The SMILES string of the molecule is CNC(=O)c1ccc(OC)c(NC(=O)c2cc(C3CC3)n(C(C)(C)C)n2)c1. The highest BCUT2D eigenvalue weighted by Crippen LogP contribution is 2.41. The Morgan fingerprint density at radius 3 is 2.44 bits per heavy atom. The van der Waals surface area contributed by atoms with Gasteiger partial charge in [-0.3, -0.25) is 14.3 Å². The number of hydrogen-bond donors (Lipinski definition) is 2. The van der Waals surface area contributed by atoms with Gasteiger partial charge in [0.25, 0.3) is 11.8 Å². The largest absolute Gasteiger partial charge is 0.495 e. The molecule has 2 amide bonds. The molecule has 1 saturated carbocycles. The fourth-order valence-electron chi connectivity index (χ4n) is 2.99. The van der Waals surface area contributed by atoms with Crippen LogP contribution >= 0.6 is 0 Å². The number of carbonyl (C=O) groups excluding carboxylic acids is 2. The number of anilines is 1. The van der Waals surface area contributed by atoms with Gasteiger partial charge in [0.05, 0.1) is 18.3 Å². The number of rotatable bonds is 5. The second-order valence-corrected chi connectivity index (χ2v) is 7.76. The molecule has 0 saturated heterocycles. The first-order chi connectivity index (χ1) is 12.7. The van der Waals surface area contributed by atoms with Crippen molar-refractivity contribution >= 4 is 17.5 Å². The van der Waals surface area contributed by atoms with E-state index in [1.54, 1.807) is 25.2 Å². The zero-order valence-corrected chi connectivity index (χ0v) is 16.4. The Bertz CT molecular complexity index is 876. The Balaban J connectivity index is 1.90. The van der Waals surface area contributed by atoms with Gasteiger partial charge >= 0.3 is 0 Å². The van der Waals surface area contributed by atoms with Gasteiger partial charge in [-0.25, -0.2) is 0 Å². The number of hydrogen-bond acceptors (Lipinski definition) is 4. The number of aromatic nitrogens is 2. The lowest BCUT2D eigenvalue weighted by molar-refractivity contribution is 0.0961. The highest BCUT2D eigenvalue weighted by molar-refractivity contribution is 6.05. The average Bonchev–Trinajstić information content (AvgIpc) is 3.37. The Hall–Kier alpha value is -2.83. The minimum Gasteiger partial charge on any atom is -0.495 e. The molecule has 0 atom stereocenters. The van der Waals surface area contributed by atoms with Crippen LogP contribution in [0.1, 0.15) is 66.1 Å². The summed E-state index contributed by atoms with van der Waals surface area (Å²) in [6, 6.07) is 6.77.